The molecule has 1 amide bonds. The van der Waals surface area contributed by atoms with E-state index in [0.717, 1.165) is 12.0 Å². The third-order valence-corrected chi connectivity index (χ3v) is 2.93. The largest absolute Gasteiger partial charge is 0.352 e. The summed E-state index contributed by atoms with van der Waals surface area (Å²) in [6.07, 6.45) is 6.92. The second kappa shape index (κ2) is 7.12. The zero-order valence-corrected chi connectivity index (χ0v) is 10.5. The summed E-state index contributed by atoms with van der Waals surface area (Å²) in [6, 6.07) is 7.64. The Balaban J connectivity index is 2.46. The van der Waals surface area contributed by atoms with Gasteiger partial charge >= 0.3 is 0 Å². The molecule has 1 rings (SSSR count). The van der Waals surface area contributed by atoms with Crippen molar-refractivity contribution in [1.29, 1.82) is 0 Å². The van der Waals surface area contributed by atoms with Crippen LogP contribution in [0, 0.1) is 0 Å². The molecule has 0 aromatic heterocycles. The molecule has 0 saturated carbocycles. The lowest BCUT2D eigenvalue weighted by Crippen LogP contribution is -2.23. The fraction of sp³-hybridized carbons (Fsp3) is 0.308. The van der Waals surface area contributed by atoms with E-state index in [0.29, 0.717) is 6.54 Å². The summed E-state index contributed by atoms with van der Waals surface area (Å²) in [6.45, 7) is 2.66. The summed E-state index contributed by atoms with van der Waals surface area (Å²) in [5.74, 6) is -0.00263. The SMILES string of the molecule is C/C=C/CCNC(=O)c1ccc(SC)cc1. The second-order valence-electron chi connectivity index (χ2n) is 3.34. The number of thioether (sulfide) groups is 1. The lowest BCUT2D eigenvalue weighted by Gasteiger charge is -2.04. The van der Waals surface area contributed by atoms with Crippen LogP contribution in [0.4, 0.5) is 0 Å². The van der Waals surface area contributed by atoms with E-state index >= 15 is 0 Å². The van der Waals surface area contributed by atoms with Crippen molar-refractivity contribution in [2.75, 3.05) is 12.8 Å². The molecule has 0 heterocycles. The van der Waals surface area contributed by atoms with Gasteiger partial charge in [-0.2, -0.15) is 0 Å². The normalized spacial score (nSPS) is 10.6. The Kier molecular flexibility index (Phi) is 5.72. The van der Waals surface area contributed by atoms with E-state index in [1.165, 1.54) is 4.90 Å². The van der Waals surface area contributed by atoms with Crippen LogP contribution in [-0.4, -0.2) is 18.7 Å². The Morgan fingerprint density at radius 1 is 1.38 bits per heavy atom. The molecule has 2 nitrogen and oxygen atoms in total. The number of benzene rings is 1. The number of hydrogen-bond acceptors (Lipinski definition) is 2. The number of amides is 1. The molecule has 0 bridgehead atoms. The number of rotatable bonds is 5. The van der Waals surface area contributed by atoms with Crippen molar-refractivity contribution in [1.82, 2.24) is 5.32 Å². The third-order valence-electron chi connectivity index (χ3n) is 2.18. The van der Waals surface area contributed by atoms with E-state index in [2.05, 4.69) is 5.32 Å². The molecule has 0 aliphatic rings. The molecule has 0 saturated heterocycles. The minimum Gasteiger partial charge on any atom is -0.352 e. The molecule has 1 N–H and O–H groups in total. The third kappa shape index (κ3) is 4.11. The molecule has 0 unspecified atom stereocenters. The van der Waals surface area contributed by atoms with Crippen molar-refractivity contribution in [3.63, 3.8) is 0 Å². The van der Waals surface area contributed by atoms with Gasteiger partial charge in [-0.25, -0.2) is 0 Å². The minimum absolute atomic E-state index is 0.00263. The average Bonchev–Trinajstić information content (AvgIpc) is 2.34. The molecule has 86 valence electrons. The lowest BCUT2D eigenvalue weighted by molar-refractivity contribution is 0.0954. The van der Waals surface area contributed by atoms with Crippen molar-refractivity contribution in [2.45, 2.75) is 18.2 Å². The quantitative estimate of drug-likeness (QED) is 0.483. The summed E-state index contributed by atoms with van der Waals surface area (Å²) in [5.41, 5.74) is 0.721. The molecule has 16 heavy (non-hydrogen) atoms. The Labute approximate surface area is 101 Å². The molecule has 1 aromatic carbocycles. The number of carbonyl (C=O) groups excluding carboxylic acids is 1. The average molecular weight is 235 g/mol. The van der Waals surface area contributed by atoms with Crippen LogP contribution in [0.25, 0.3) is 0 Å². The van der Waals surface area contributed by atoms with E-state index in [9.17, 15) is 4.79 Å². The van der Waals surface area contributed by atoms with Gasteiger partial charge in [-0.1, -0.05) is 12.2 Å². The van der Waals surface area contributed by atoms with Gasteiger partial charge in [-0.3, -0.25) is 4.79 Å². The van der Waals surface area contributed by atoms with Gasteiger partial charge < -0.3 is 5.32 Å². The van der Waals surface area contributed by atoms with Crippen molar-refractivity contribution in [3.05, 3.63) is 42.0 Å². The van der Waals surface area contributed by atoms with Gasteiger partial charge in [0.05, 0.1) is 0 Å². The number of hydrogen-bond donors (Lipinski definition) is 1. The maximum Gasteiger partial charge on any atom is 0.251 e. The van der Waals surface area contributed by atoms with Crippen LogP contribution >= 0.6 is 11.8 Å². The zero-order chi connectivity index (χ0) is 11.8. The molecule has 0 spiro atoms. The highest BCUT2D eigenvalue weighted by molar-refractivity contribution is 7.98. The van der Waals surface area contributed by atoms with E-state index in [4.69, 9.17) is 0 Å². The van der Waals surface area contributed by atoms with Crippen LogP contribution < -0.4 is 5.32 Å². The highest BCUT2D eigenvalue weighted by Crippen LogP contribution is 2.14. The Morgan fingerprint density at radius 2 is 2.06 bits per heavy atom. The molecule has 0 fully saturated rings. The summed E-state index contributed by atoms with van der Waals surface area (Å²) >= 11 is 1.67. The van der Waals surface area contributed by atoms with E-state index in [1.54, 1.807) is 11.8 Å². The maximum atomic E-state index is 11.7. The first-order valence-corrected chi connectivity index (χ1v) is 6.54. The zero-order valence-electron chi connectivity index (χ0n) is 9.69. The van der Waals surface area contributed by atoms with Crippen LogP contribution in [0.5, 0.6) is 0 Å². The van der Waals surface area contributed by atoms with Crippen LogP contribution in [0.1, 0.15) is 23.7 Å². The van der Waals surface area contributed by atoms with Crippen molar-refractivity contribution < 1.29 is 4.79 Å². The summed E-state index contributed by atoms with van der Waals surface area (Å²) in [7, 11) is 0. The van der Waals surface area contributed by atoms with Gasteiger partial charge in [-0.05, 0) is 43.9 Å². The van der Waals surface area contributed by atoms with Crippen molar-refractivity contribution in [2.24, 2.45) is 0 Å². The van der Waals surface area contributed by atoms with E-state index < -0.39 is 0 Å². The van der Waals surface area contributed by atoms with Gasteiger partial charge in [0.25, 0.3) is 5.91 Å². The Morgan fingerprint density at radius 3 is 2.62 bits per heavy atom. The highest BCUT2D eigenvalue weighted by Gasteiger charge is 2.03. The van der Waals surface area contributed by atoms with E-state index in [1.807, 2.05) is 49.6 Å². The first kappa shape index (κ1) is 12.8. The van der Waals surface area contributed by atoms with Crippen molar-refractivity contribution in [3.8, 4) is 0 Å². The van der Waals surface area contributed by atoms with Crippen LogP contribution in [0.2, 0.25) is 0 Å². The van der Waals surface area contributed by atoms with Gasteiger partial charge in [0, 0.05) is 17.0 Å². The fourth-order valence-corrected chi connectivity index (χ4v) is 1.69. The molecule has 3 heteroatoms. The number of allylic oxidation sites excluding steroid dienone is 1. The first-order valence-electron chi connectivity index (χ1n) is 5.31. The molecular weight excluding hydrogens is 218 g/mol. The van der Waals surface area contributed by atoms with E-state index in [-0.39, 0.29) is 5.91 Å². The summed E-state index contributed by atoms with van der Waals surface area (Å²) in [4.78, 5) is 12.8. The van der Waals surface area contributed by atoms with Gasteiger partial charge in [0.15, 0.2) is 0 Å². The fourth-order valence-electron chi connectivity index (χ4n) is 1.28. The number of carbonyl (C=O) groups is 1. The Hall–Kier alpha value is -1.22. The van der Waals surface area contributed by atoms with Crippen molar-refractivity contribution >= 4 is 17.7 Å². The molecule has 0 atom stereocenters. The lowest BCUT2D eigenvalue weighted by atomic mass is 10.2. The maximum absolute atomic E-state index is 11.7. The summed E-state index contributed by atoms with van der Waals surface area (Å²) < 4.78 is 0. The molecule has 0 aliphatic carbocycles. The van der Waals surface area contributed by atoms with Gasteiger partial charge in [-0.15, -0.1) is 11.8 Å². The standard InChI is InChI=1S/C13H17NOS/c1-3-4-5-10-14-13(15)11-6-8-12(16-2)9-7-11/h3-4,6-9H,5,10H2,1-2H3,(H,14,15)/b4-3+. The highest BCUT2D eigenvalue weighted by atomic mass is 32.2. The molecule has 1 aromatic rings. The predicted molar refractivity (Wildman–Crippen MR) is 70.0 cm³/mol. The van der Waals surface area contributed by atoms with Crippen LogP contribution in [0.15, 0.2) is 41.3 Å². The minimum atomic E-state index is -0.00263. The Bertz CT molecular complexity index is 357. The van der Waals surface area contributed by atoms with Crippen LogP contribution in [0.3, 0.4) is 0 Å². The second-order valence-corrected chi connectivity index (χ2v) is 4.22. The smallest absolute Gasteiger partial charge is 0.251 e. The molecule has 0 aliphatic heterocycles. The molecular formula is C13H17NOS. The summed E-state index contributed by atoms with van der Waals surface area (Å²) in [5, 5.41) is 2.87. The monoisotopic (exact) mass is 235 g/mol. The van der Waals surface area contributed by atoms with Gasteiger partial charge in [0.1, 0.15) is 0 Å². The number of nitrogens with one attached hydrogen (secondary N) is 1. The topological polar surface area (TPSA) is 29.1 Å². The first-order chi connectivity index (χ1) is 7.77. The van der Waals surface area contributed by atoms with Crippen LogP contribution in [-0.2, 0) is 0 Å². The molecule has 0 radical (unpaired) electrons. The predicted octanol–water partition coefficient (Wildman–Crippen LogP) is 3.10. The van der Waals surface area contributed by atoms with Gasteiger partial charge in [0.2, 0.25) is 0 Å².